The van der Waals surface area contributed by atoms with Gasteiger partial charge in [0.1, 0.15) is 0 Å². The van der Waals surface area contributed by atoms with Crippen molar-refractivity contribution in [3.8, 4) is 0 Å². The van der Waals surface area contributed by atoms with E-state index in [0.29, 0.717) is 18.1 Å². The molecule has 20 heavy (non-hydrogen) atoms. The molecule has 0 spiro atoms. The second-order valence-electron chi connectivity index (χ2n) is 4.35. The molecule has 1 aliphatic heterocycles. The maximum absolute atomic E-state index is 9.55. The molecule has 0 saturated carbocycles. The number of carbonyl (C=O) groups is 2. The van der Waals surface area contributed by atoms with Gasteiger partial charge in [-0.1, -0.05) is 30.7 Å². The summed E-state index contributed by atoms with van der Waals surface area (Å²) in [4.78, 5) is 19.1. The van der Waals surface area contributed by atoms with Gasteiger partial charge < -0.3 is 15.5 Å². The molecule has 108 valence electrons. The minimum Gasteiger partial charge on any atom is -0.478 e. The molecule has 1 unspecified atom stereocenters. The zero-order valence-corrected chi connectivity index (χ0v) is 11.7. The highest BCUT2D eigenvalue weighted by molar-refractivity contribution is 6.31. The second-order valence-corrected chi connectivity index (χ2v) is 4.76. The maximum Gasteiger partial charge on any atom is 0.328 e. The summed E-state index contributed by atoms with van der Waals surface area (Å²) in [6.07, 6.45) is 1.12. The average molecular weight is 298 g/mol. The molecule has 0 radical (unpaired) electrons. The van der Waals surface area contributed by atoms with E-state index in [0.717, 1.165) is 18.1 Å². The fourth-order valence-corrected chi connectivity index (χ4v) is 2.14. The quantitative estimate of drug-likeness (QED) is 0.729. The average Bonchev–Trinajstić information content (AvgIpc) is 2.39. The molecule has 0 amide bonds. The summed E-state index contributed by atoms with van der Waals surface area (Å²) in [6, 6.07) is 6.16. The largest absolute Gasteiger partial charge is 0.478 e. The summed E-state index contributed by atoms with van der Waals surface area (Å²) < 4.78 is 0. The fourth-order valence-electron chi connectivity index (χ4n) is 1.89. The molecule has 0 fully saturated rings. The molecule has 6 heteroatoms. The van der Waals surface area contributed by atoms with Gasteiger partial charge in [-0.25, -0.2) is 9.59 Å². The van der Waals surface area contributed by atoms with Gasteiger partial charge in [0, 0.05) is 30.3 Å². The van der Waals surface area contributed by atoms with Gasteiger partial charge in [0.25, 0.3) is 0 Å². The van der Waals surface area contributed by atoms with E-state index in [2.05, 4.69) is 18.3 Å². The Balaban J connectivity index is 0.000000221. The first-order valence-corrected chi connectivity index (χ1v) is 6.41. The lowest BCUT2D eigenvalue weighted by atomic mass is 9.92. The van der Waals surface area contributed by atoms with E-state index >= 15 is 0 Å². The highest BCUT2D eigenvalue weighted by Gasteiger charge is 2.16. The van der Waals surface area contributed by atoms with Crippen molar-refractivity contribution in [3.63, 3.8) is 0 Å². The standard InChI is InChI=1S/C10H12ClN.C4H4O4/c1-7-5-12-6-9-8(7)3-2-4-10(9)11;5-3(6)1-2-4(7)8/h2-4,7,12H,5-6H2,1H3;1-2H,(H,5,6)(H,7,8). The van der Waals surface area contributed by atoms with Gasteiger partial charge in [-0.15, -0.1) is 0 Å². The molecular formula is C14H16ClNO4. The van der Waals surface area contributed by atoms with E-state index in [1.54, 1.807) is 0 Å². The lowest BCUT2D eigenvalue weighted by molar-refractivity contribution is -0.134. The molecule has 0 aliphatic carbocycles. The Morgan fingerprint density at radius 2 is 1.90 bits per heavy atom. The monoisotopic (exact) mass is 297 g/mol. The van der Waals surface area contributed by atoms with Crippen LogP contribution in [0.25, 0.3) is 0 Å². The number of hydrogen-bond donors (Lipinski definition) is 3. The first-order valence-electron chi connectivity index (χ1n) is 6.03. The third kappa shape index (κ3) is 5.03. The normalized spacial score (nSPS) is 17.0. The van der Waals surface area contributed by atoms with Crippen molar-refractivity contribution in [2.45, 2.75) is 19.4 Å². The van der Waals surface area contributed by atoms with Crippen LogP contribution in [-0.4, -0.2) is 28.7 Å². The summed E-state index contributed by atoms with van der Waals surface area (Å²) in [5, 5.41) is 19.9. The topological polar surface area (TPSA) is 86.6 Å². The predicted octanol–water partition coefficient (Wildman–Crippen LogP) is 2.26. The van der Waals surface area contributed by atoms with Crippen LogP contribution in [0.2, 0.25) is 5.02 Å². The molecule has 1 heterocycles. The lowest BCUT2D eigenvalue weighted by Gasteiger charge is -2.23. The minimum absolute atomic E-state index is 0.558. The van der Waals surface area contributed by atoms with E-state index in [-0.39, 0.29) is 0 Å². The highest BCUT2D eigenvalue weighted by atomic mass is 35.5. The molecule has 1 aromatic rings. The van der Waals surface area contributed by atoms with E-state index in [1.165, 1.54) is 11.1 Å². The van der Waals surface area contributed by atoms with Gasteiger partial charge in [-0.05, 0) is 23.1 Å². The van der Waals surface area contributed by atoms with Gasteiger partial charge in [0.05, 0.1) is 0 Å². The molecule has 0 aromatic heterocycles. The number of nitrogens with one attached hydrogen (secondary N) is 1. The van der Waals surface area contributed by atoms with Gasteiger partial charge in [-0.3, -0.25) is 0 Å². The third-order valence-corrected chi connectivity index (χ3v) is 3.16. The van der Waals surface area contributed by atoms with Crippen molar-refractivity contribution in [3.05, 3.63) is 46.5 Å². The molecular weight excluding hydrogens is 282 g/mol. The Kier molecular flexibility index (Phi) is 6.21. The van der Waals surface area contributed by atoms with E-state index in [9.17, 15) is 9.59 Å². The molecule has 2 rings (SSSR count). The van der Waals surface area contributed by atoms with Crippen LogP contribution in [0.5, 0.6) is 0 Å². The molecule has 1 aliphatic rings. The van der Waals surface area contributed by atoms with E-state index < -0.39 is 11.9 Å². The second kappa shape index (κ2) is 7.67. The zero-order valence-electron chi connectivity index (χ0n) is 11.0. The van der Waals surface area contributed by atoms with Crippen molar-refractivity contribution in [1.82, 2.24) is 5.32 Å². The van der Waals surface area contributed by atoms with Crippen LogP contribution in [0.15, 0.2) is 30.4 Å². The fraction of sp³-hybridized carbons (Fsp3) is 0.286. The van der Waals surface area contributed by atoms with Gasteiger partial charge in [-0.2, -0.15) is 0 Å². The van der Waals surface area contributed by atoms with Crippen molar-refractivity contribution in [1.29, 1.82) is 0 Å². The Morgan fingerprint density at radius 1 is 1.30 bits per heavy atom. The smallest absolute Gasteiger partial charge is 0.328 e. The molecule has 1 atom stereocenters. The molecule has 5 nitrogen and oxygen atoms in total. The lowest BCUT2D eigenvalue weighted by Crippen LogP contribution is -2.26. The number of aliphatic carboxylic acids is 2. The van der Waals surface area contributed by atoms with Crippen LogP contribution in [-0.2, 0) is 16.1 Å². The predicted molar refractivity (Wildman–Crippen MR) is 76.0 cm³/mol. The van der Waals surface area contributed by atoms with Crippen molar-refractivity contribution in [2.75, 3.05) is 6.54 Å². The number of rotatable bonds is 2. The number of halogens is 1. The van der Waals surface area contributed by atoms with Crippen LogP contribution < -0.4 is 5.32 Å². The van der Waals surface area contributed by atoms with Crippen LogP contribution in [0, 0.1) is 0 Å². The number of benzene rings is 1. The zero-order chi connectivity index (χ0) is 15.1. The van der Waals surface area contributed by atoms with Crippen molar-refractivity contribution < 1.29 is 19.8 Å². The van der Waals surface area contributed by atoms with Crippen molar-refractivity contribution in [2.24, 2.45) is 0 Å². The number of carboxylic acids is 2. The molecule has 0 saturated heterocycles. The van der Waals surface area contributed by atoms with Crippen LogP contribution >= 0.6 is 11.6 Å². The molecule has 3 N–H and O–H groups in total. The van der Waals surface area contributed by atoms with Crippen molar-refractivity contribution >= 4 is 23.5 Å². The number of carboxylic acid groups (broad SMARTS) is 2. The summed E-state index contributed by atoms with van der Waals surface area (Å²) >= 11 is 6.07. The number of hydrogen-bond acceptors (Lipinski definition) is 3. The summed E-state index contributed by atoms with van der Waals surface area (Å²) in [6.45, 7) is 4.20. The molecule has 0 bridgehead atoms. The Hall–Kier alpha value is -1.85. The van der Waals surface area contributed by atoms with Crippen LogP contribution in [0.4, 0.5) is 0 Å². The molecule has 1 aromatic carbocycles. The van der Waals surface area contributed by atoms with Gasteiger partial charge in [0.2, 0.25) is 0 Å². The summed E-state index contributed by atoms with van der Waals surface area (Å²) in [7, 11) is 0. The van der Waals surface area contributed by atoms with Gasteiger partial charge in [0.15, 0.2) is 0 Å². The van der Waals surface area contributed by atoms with Gasteiger partial charge >= 0.3 is 11.9 Å². The van der Waals surface area contributed by atoms with Crippen LogP contribution in [0.3, 0.4) is 0 Å². The Labute approximate surface area is 121 Å². The Bertz CT molecular complexity index is 512. The SMILES string of the molecule is CC1CNCc2c(Cl)cccc21.O=C(O)C=CC(=O)O. The highest BCUT2D eigenvalue weighted by Crippen LogP contribution is 2.28. The summed E-state index contributed by atoms with van der Waals surface area (Å²) in [5.74, 6) is -1.92. The first-order chi connectivity index (χ1) is 9.41. The maximum atomic E-state index is 9.55. The minimum atomic E-state index is -1.26. The Morgan fingerprint density at radius 3 is 2.40 bits per heavy atom. The van der Waals surface area contributed by atoms with E-state index in [4.69, 9.17) is 21.8 Å². The van der Waals surface area contributed by atoms with E-state index in [1.807, 2.05) is 12.1 Å². The number of fused-ring (bicyclic) bond motifs is 1. The third-order valence-electron chi connectivity index (χ3n) is 2.81. The van der Waals surface area contributed by atoms with Crippen LogP contribution in [0.1, 0.15) is 24.0 Å². The first kappa shape index (κ1) is 16.2. The summed E-state index contributed by atoms with van der Waals surface area (Å²) in [5.41, 5.74) is 2.68.